The largest absolute Gasteiger partial charge is 0.544 e. The average molecular weight is 554 g/mol. The molecule has 0 fully saturated rings. The van der Waals surface area contributed by atoms with Gasteiger partial charge in [0.25, 0.3) is 0 Å². The number of quaternary nitrogens is 1. The SMILES string of the molecule is CCCCCC/C=C\C/C=C\CCCCCCCC(=O)OC(COCCC(C(=O)[O-])[N+](C)(C)C)COC(C)=O. The van der Waals surface area contributed by atoms with Crippen LogP contribution in [-0.4, -0.2) is 75.5 Å². The molecule has 226 valence electrons. The number of nitrogens with zero attached hydrogens (tertiary/aromatic N) is 1. The predicted molar refractivity (Wildman–Crippen MR) is 153 cm³/mol. The van der Waals surface area contributed by atoms with Crippen LogP contribution < -0.4 is 5.11 Å². The third kappa shape index (κ3) is 23.4. The maximum Gasteiger partial charge on any atom is 0.306 e. The first-order chi connectivity index (χ1) is 18.6. The Balaban J connectivity index is 4.05. The summed E-state index contributed by atoms with van der Waals surface area (Å²) in [5.41, 5.74) is 0. The van der Waals surface area contributed by atoms with Gasteiger partial charge in [0, 0.05) is 19.8 Å². The maximum absolute atomic E-state index is 12.3. The van der Waals surface area contributed by atoms with E-state index in [1.165, 1.54) is 39.0 Å². The third-order valence-corrected chi connectivity index (χ3v) is 6.40. The van der Waals surface area contributed by atoms with Crippen molar-refractivity contribution in [2.24, 2.45) is 0 Å². The number of esters is 2. The first kappa shape index (κ1) is 36.8. The fourth-order valence-electron chi connectivity index (χ4n) is 4.06. The number of aliphatic carboxylic acids is 1. The molecule has 0 radical (unpaired) electrons. The van der Waals surface area contributed by atoms with E-state index in [1.54, 1.807) is 21.1 Å². The Bertz CT molecular complexity index is 712. The molecule has 0 N–H and O–H groups in total. The van der Waals surface area contributed by atoms with E-state index in [0.29, 0.717) is 6.42 Å². The van der Waals surface area contributed by atoms with Crippen molar-refractivity contribution in [2.75, 3.05) is 41.0 Å². The number of unbranched alkanes of at least 4 members (excludes halogenated alkanes) is 9. The minimum absolute atomic E-state index is 0.0260. The fraction of sp³-hybridized carbons (Fsp3) is 0.774. The van der Waals surface area contributed by atoms with Gasteiger partial charge in [0.2, 0.25) is 0 Å². The summed E-state index contributed by atoms with van der Waals surface area (Å²) in [5, 5.41) is 11.4. The lowest BCUT2D eigenvalue weighted by Gasteiger charge is -2.34. The van der Waals surface area contributed by atoms with Crippen LogP contribution in [0.25, 0.3) is 0 Å². The number of allylic oxidation sites excluding steroid dienone is 4. The molecular weight excluding hydrogens is 498 g/mol. The van der Waals surface area contributed by atoms with Crippen LogP contribution >= 0.6 is 0 Å². The Morgan fingerprint density at radius 2 is 1.41 bits per heavy atom. The minimum Gasteiger partial charge on any atom is -0.544 e. The molecule has 0 saturated heterocycles. The van der Waals surface area contributed by atoms with Gasteiger partial charge >= 0.3 is 11.9 Å². The van der Waals surface area contributed by atoms with Crippen LogP contribution in [0.15, 0.2) is 24.3 Å². The van der Waals surface area contributed by atoms with Crippen molar-refractivity contribution >= 4 is 17.9 Å². The number of likely N-dealkylation sites (N-methyl/N-ethyl adjacent to an activating group) is 1. The Hall–Kier alpha value is -2.19. The summed E-state index contributed by atoms with van der Waals surface area (Å²) in [6.45, 7) is 3.61. The van der Waals surface area contributed by atoms with Crippen LogP contribution in [0.1, 0.15) is 104 Å². The highest BCUT2D eigenvalue weighted by molar-refractivity contribution is 5.70. The van der Waals surface area contributed by atoms with Crippen molar-refractivity contribution < 1.29 is 38.2 Å². The van der Waals surface area contributed by atoms with E-state index in [4.69, 9.17) is 14.2 Å². The van der Waals surface area contributed by atoms with Crippen molar-refractivity contribution in [2.45, 2.75) is 116 Å². The average Bonchev–Trinajstić information content (AvgIpc) is 2.85. The number of rotatable bonds is 25. The summed E-state index contributed by atoms with van der Waals surface area (Å²) in [6.07, 6.45) is 22.4. The highest BCUT2D eigenvalue weighted by atomic mass is 16.6. The molecule has 2 unspecified atom stereocenters. The van der Waals surface area contributed by atoms with Crippen molar-refractivity contribution in [3.8, 4) is 0 Å². The molecule has 0 aliphatic rings. The van der Waals surface area contributed by atoms with E-state index in [1.807, 2.05) is 0 Å². The van der Waals surface area contributed by atoms with Gasteiger partial charge in [-0.15, -0.1) is 0 Å². The van der Waals surface area contributed by atoms with E-state index in [9.17, 15) is 19.5 Å². The zero-order valence-electron chi connectivity index (χ0n) is 25.3. The van der Waals surface area contributed by atoms with Crippen molar-refractivity contribution in [3.63, 3.8) is 0 Å². The Morgan fingerprint density at radius 3 is 1.97 bits per heavy atom. The second-order valence-corrected chi connectivity index (χ2v) is 11.1. The highest BCUT2D eigenvalue weighted by Gasteiger charge is 2.25. The molecule has 8 heteroatoms. The standard InChI is InChI=1S/C31H55NO7/c1-6-7-8-9-10-11-12-13-14-15-16-17-18-19-20-21-22-30(34)39-28(26-38-27(2)33)25-37-24-23-29(31(35)36)32(3,4)5/h11-12,14-15,28-29H,6-10,13,16-26H2,1-5H3/b12-11-,15-14-. The molecule has 0 amide bonds. The molecule has 0 saturated carbocycles. The van der Waals surface area contributed by atoms with Gasteiger partial charge in [-0.2, -0.15) is 0 Å². The first-order valence-corrected chi connectivity index (χ1v) is 14.8. The van der Waals surface area contributed by atoms with Gasteiger partial charge in [-0.1, -0.05) is 69.8 Å². The maximum atomic E-state index is 12.3. The molecule has 39 heavy (non-hydrogen) atoms. The molecule has 0 aliphatic carbocycles. The second-order valence-electron chi connectivity index (χ2n) is 11.1. The van der Waals surface area contributed by atoms with Gasteiger partial charge in [-0.3, -0.25) is 9.59 Å². The van der Waals surface area contributed by atoms with E-state index < -0.39 is 24.1 Å². The van der Waals surface area contributed by atoms with Crippen LogP contribution in [0.4, 0.5) is 0 Å². The van der Waals surface area contributed by atoms with Crippen LogP contribution in [-0.2, 0) is 28.6 Å². The smallest absolute Gasteiger partial charge is 0.306 e. The lowest BCUT2D eigenvalue weighted by molar-refractivity contribution is -0.889. The number of hydrogen-bond donors (Lipinski definition) is 0. The van der Waals surface area contributed by atoms with Gasteiger partial charge in [-0.25, -0.2) is 0 Å². The minimum atomic E-state index is -1.14. The van der Waals surface area contributed by atoms with Crippen LogP contribution in [0, 0.1) is 0 Å². The Labute approximate surface area is 237 Å². The lowest BCUT2D eigenvalue weighted by atomic mass is 10.1. The summed E-state index contributed by atoms with van der Waals surface area (Å²) in [4.78, 5) is 34.8. The Kier molecular flexibility index (Phi) is 22.3. The highest BCUT2D eigenvalue weighted by Crippen LogP contribution is 2.11. The van der Waals surface area contributed by atoms with Gasteiger partial charge < -0.3 is 28.6 Å². The number of carbonyl (C=O) groups is 3. The van der Waals surface area contributed by atoms with Crippen molar-refractivity contribution in [1.82, 2.24) is 0 Å². The molecule has 2 atom stereocenters. The van der Waals surface area contributed by atoms with Gasteiger partial charge in [0.05, 0.1) is 40.3 Å². The molecule has 0 aliphatic heterocycles. The topological polar surface area (TPSA) is 102 Å². The van der Waals surface area contributed by atoms with Crippen LogP contribution in [0.5, 0.6) is 0 Å². The normalized spacial score (nSPS) is 13.6. The van der Waals surface area contributed by atoms with Gasteiger partial charge in [-0.05, 0) is 38.5 Å². The van der Waals surface area contributed by atoms with Crippen LogP contribution in [0.2, 0.25) is 0 Å². The molecule has 0 spiro atoms. The van der Waals surface area contributed by atoms with Gasteiger partial charge in [0.15, 0.2) is 6.10 Å². The molecule has 8 nitrogen and oxygen atoms in total. The molecule has 0 aromatic carbocycles. The van der Waals surface area contributed by atoms with Gasteiger partial charge in [0.1, 0.15) is 12.6 Å². The van der Waals surface area contributed by atoms with Crippen molar-refractivity contribution in [3.05, 3.63) is 24.3 Å². The molecule has 0 bridgehead atoms. The summed E-state index contributed by atoms with van der Waals surface area (Å²) >= 11 is 0. The molecule has 0 aromatic heterocycles. The molecular formula is C31H55NO7. The zero-order valence-corrected chi connectivity index (χ0v) is 25.3. The third-order valence-electron chi connectivity index (χ3n) is 6.40. The summed E-state index contributed by atoms with van der Waals surface area (Å²) in [5.74, 6) is -1.96. The number of hydrogen-bond acceptors (Lipinski definition) is 7. The zero-order chi connectivity index (χ0) is 29.4. The number of ether oxygens (including phenoxy) is 3. The lowest BCUT2D eigenvalue weighted by Crippen LogP contribution is -2.55. The Morgan fingerprint density at radius 1 is 0.821 bits per heavy atom. The molecule has 0 aromatic rings. The summed E-state index contributed by atoms with van der Waals surface area (Å²) < 4.78 is 16.2. The molecule has 0 heterocycles. The number of carbonyl (C=O) groups excluding carboxylic acids is 3. The monoisotopic (exact) mass is 553 g/mol. The van der Waals surface area contributed by atoms with Crippen LogP contribution in [0.3, 0.4) is 0 Å². The van der Waals surface area contributed by atoms with E-state index in [-0.39, 0.29) is 36.7 Å². The summed E-state index contributed by atoms with van der Waals surface area (Å²) in [7, 11) is 5.33. The summed E-state index contributed by atoms with van der Waals surface area (Å²) in [6, 6.07) is -0.720. The van der Waals surface area contributed by atoms with Crippen molar-refractivity contribution in [1.29, 1.82) is 0 Å². The first-order valence-electron chi connectivity index (χ1n) is 14.8. The second kappa shape index (κ2) is 23.7. The fourth-order valence-corrected chi connectivity index (χ4v) is 4.06. The molecule has 0 rings (SSSR count). The quantitative estimate of drug-likeness (QED) is 0.0686. The predicted octanol–water partition coefficient (Wildman–Crippen LogP) is 4.90. The van der Waals surface area contributed by atoms with E-state index >= 15 is 0 Å². The van der Waals surface area contributed by atoms with E-state index in [2.05, 4.69) is 31.2 Å². The van der Waals surface area contributed by atoms with E-state index in [0.717, 1.165) is 44.9 Å². The number of carboxylic acids is 1. The number of carboxylic acid groups (broad SMARTS) is 1.